The van der Waals surface area contributed by atoms with E-state index in [0.717, 1.165) is 14.9 Å². The van der Waals surface area contributed by atoms with Crippen LogP contribution < -0.4 is 5.32 Å². The highest BCUT2D eigenvalue weighted by molar-refractivity contribution is 9.10. The van der Waals surface area contributed by atoms with Gasteiger partial charge < -0.3 is 10.1 Å². The quantitative estimate of drug-likeness (QED) is 0.630. The number of carbonyl (C=O) groups excluding carboxylic acids is 1. The largest absolute Gasteiger partial charge is 0.355 e. The smallest absolute Gasteiger partial charge is 0.250 e. The summed E-state index contributed by atoms with van der Waals surface area (Å²) in [6.07, 6.45) is -0.346. The zero-order valence-electron chi connectivity index (χ0n) is 14.2. The molecule has 0 aliphatic carbocycles. The summed E-state index contributed by atoms with van der Waals surface area (Å²) in [5, 5.41) is 13.3. The summed E-state index contributed by atoms with van der Waals surface area (Å²) in [5.74, 6) is 0.0520. The number of carbonyl (C=O) groups is 1. The van der Waals surface area contributed by atoms with E-state index in [1.54, 1.807) is 11.3 Å². The van der Waals surface area contributed by atoms with Gasteiger partial charge in [-0.3, -0.25) is 4.79 Å². The van der Waals surface area contributed by atoms with Gasteiger partial charge in [0.1, 0.15) is 18.8 Å². The summed E-state index contributed by atoms with van der Waals surface area (Å²) in [7, 11) is 0. The third-order valence-corrected chi connectivity index (χ3v) is 5.31. The molecule has 1 aromatic heterocycles. The summed E-state index contributed by atoms with van der Waals surface area (Å²) in [6.45, 7) is 4.08. The number of hydrogen-bond donors (Lipinski definition) is 1. The second-order valence-electron chi connectivity index (χ2n) is 6.09. The number of halogens is 1. The maximum absolute atomic E-state index is 12.4. The Balaban J connectivity index is 2.28. The normalized spacial score (nSPS) is 13.2. The first-order valence-electron chi connectivity index (χ1n) is 8.10. The molecule has 132 valence electrons. The molecule has 2 rings (SSSR count). The van der Waals surface area contributed by atoms with E-state index >= 15 is 0 Å². The molecule has 1 heterocycles. The molecule has 2 atom stereocenters. The highest BCUT2D eigenvalue weighted by Gasteiger charge is 2.27. The monoisotopic (exact) mass is 420 g/mol. The van der Waals surface area contributed by atoms with Crippen LogP contribution in [0, 0.1) is 17.2 Å². The van der Waals surface area contributed by atoms with Crippen molar-refractivity contribution in [1.82, 2.24) is 5.32 Å². The van der Waals surface area contributed by atoms with Crippen molar-refractivity contribution in [3.05, 3.63) is 56.7 Å². The van der Waals surface area contributed by atoms with Gasteiger partial charge in [-0.15, -0.1) is 11.3 Å². The highest BCUT2D eigenvalue weighted by atomic mass is 79.9. The number of nitriles is 1. The van der Waals surface area contributed by atoms with Crippen molar-refractivity contribution in [3.63, 3.8) is 0 Å². The Morgan fingerprint density at radius 3 is 2.64 bits per heavy atom. The number of amides is 1. The van der Waals surface area contributed by atoms with Crippen LogP contribution in [0.5, 0.6) is 0 Å². The fourth-order valence-corrected chi connectivity index (χ4v) is 3.97. The van der Waals surface area contributed by atoms with Crippen LogP contribution in [0.1, 0.15) is 36.8 Å². The molecule has 0 radical (unpaired) electrons. The minimum absolute atomic E-state index is 0.0165. The topological polar surface area (TPSA) is 62.1 Å². The first-order valence-corrected chi connectivity index (χ1v) is 9.77. The van der Waals surface area contributed by atoms with Gasteiger partial charge >= 0.3 is 0 Å². The number of benzene rings is 1. The predicted molar refractivity (Wildman–Crippen MR) is 103 cm³/mol. The molecule has 0 saturated heterocycles. The van der Waals surface area contributed by atoms with Crippen molar-refractivity contribution < 1.29 is 9.53 Å². The van der Waals surface area contributed by atoms with Crippen molar-refractivity contribution in [3.8, 4) is 6.07 Å². The van der Waals surface area contributed by atoms with E-state index in [1.807, 2.05) is 61.7 Å². The van der Waals surface area contributed by atoms with Crippen LogP contribution in [0.25, 0.3) is 0 Å². The summed E-state index contributed by atoms with van der Waals surface area (Å²) in [4.78, 5) is 13.5. The number of ether oxygens (including phenoxy) is 1. The van der Waals surface area contributed by atoms with Crippen molar-refractivity contribution in [2.24, 2.45) is 5.92 Å². The molecule has 0 saturated carbocycles. The van der Waals surface area contributed by atoms with E-state index in [4.69, 9.17) is 10.00 Å². The average molecular weight is 421 g/mol. The number of rotatable bonds is 8. The summed E-state index contributed by atoms with van der Waals surface area (Å²) in [5.41, 5.74) is 0.999. The predicted octanol–water partition coefficient (Wildman–Crippen LogP) is 4.67. The second kappa shape index (κ2) is 9.71. The van der Waals surface area contributed by atoms with Gasteiger partial charge in [0.05, 0.1) is 6.07 Å². The van der Waals surface area contributed by atoms with E-state index in [0.29, 0.717) is 12.3 Å². The summed E-state index contributed by atoms with van der Waals surface area (Å²) in [6, 6.07) is 13.8. The molecule has 0 spiro atoms. The Morgan fingerprint density at radius 1 is 1.36 bits per heavy atom. The van der Waals surface area contributed by atoms with Gasteiger partial charge in [0.25, 0.3) is 0 Å². The minimum atomic E-state index is -0.612. The molecule has 2 unspecified atom stereocenters. The average Bonchev–Trinajstić information content (AvgIpc) is 3.02. The lowest BCUT2D eigenvalue weighted by Gasteiger charge is -2.25. The third kappa shape index (κ3) is 5.96. The maximum atomic E-state index is 12.4. The Morgan fingerprint density at radius 2 is 2.08 bits per heavy atom. The molecule has 4 nitrogen and oxygen atoms in total. The van der Waals surface area contributed by atoms with Gasteiger partial charge in [-0.2, -0.15) is 5.26 Å². The van der Waals surface area contributed by atoms with E-state index in [2.05, 4.69) is 21.2 Å². The zero-order chi connectivity index (χ0) is 18.2. The molecular formula is C19H21BrN2O2S. The SMILES string of the molecule is CC(C)CC(OC(c1ccccc1)c1cc(Br)cs1)C(=O)NCC#N. The van der Waals surface area contributed by atoms with Gasteiger partial charge in [-0.05, 0) is 39.9 Å². The van der Waals surface area contributed by atoms with Crippen LogP contribution in [0.4, 0.5) is 0 Å². The number of nitrogens with one attached hydrogen (secondary N) is 1. The van der Waals surface area contributed by atoms with Crippen molar-refractivity contribution in [2.75, 3.05) is 6.54 Å². The number of thiophene rings is 1. The fourth-order valence-electron chi connectivity index (χ4n) is 2.46. The lowest BCUT2D eigenvalue weighted by Crippen LogP contribution is -2.38. The lowest BCUT2D eigenvalue weighted by atomic mass is 10.0. The Hall–Kier alpha value is -1.68. The van der Waals surface area contributed by atoms with Crippen molar-refractivity contribution >= 4 is 33.2 Å². The molecule has 2 aromatic rings. The van der Waals surface area contributed by atoms with E-state index in [-0.39, 0.29) is 18.6 Å². The molecule has 0 fully saturated rings. The van der Waals surface area contributed by atoms with Gasteiger partial charge in [0.2, 0.25) is 5.91 Å². The Labute approximate surface area is 160 Å². The summed E-state index contributed by atoms with van der Waals surface area (Å²) < 4.78 is 7.27. The molecule has 1 N–H and O–H groups in total. The van der Waals surface area contributed by atoms with Crippen molar-refractivity contribution in [2.45, 2.75) is 32.5 Å². The Bertz CT molecular complexity index is 725. The number of hydrogen-bond acceptors (Lipinski definition) is 4. The van der Waals surface area contributed by atoms with E-state index < -0.39 is 6.10 Å². The van der Waals surface area contributed by atoms with Crippen LogP contribution in [-0.2, 0) is 9.53 Å². The molecule has 25 heavy (non-hydrogen) atoms. The van der Waals surface area contributed by atoms with Gasteiger partial charge in [0, 0.05) is 14.7 Å². The van der Waals surface area contributed by atoms with Gasteiger partial charge in [0.15, 0.2) is 0 Å². The molecular weight excluding hydrogens is 400 g/mol. The van der Waals surface area contributed by atoms with Crippen molar-refractivity contribution in [1.29, 1.82) is 5.26 Å². The Kier molecular flexibility index (Phi) is 7.63. The molecule has 0 aliphatic heterocycles. The lowest BCUT2D eigenvalue weighted by molar-refractivity contribution is -0.136. The van der Waals surface area contributed by atoms with Crippen LogP contribution in [-0.4, -0.2) is 18.6 Å². The third-order valence-electron chi connectivity index (χ3n) is 3.57. The van der Waals surface area contributed by atoms with Crippen LogP contribution in [0.2, 0.25) is 0 Å². The second-order valence-corrected chi connectivity index (χ2v) is 7.95. The first kappa shape index (κ1) is 19.6. The molecule has 1 aromatic carbocycles. The molecule has 0 aliphatic rings. The van der Waals surface area contributed by atoms with E-state index in [9.17, 15) is 4.79 Å². The van der Waals surface area contributed by atoms with Crippen LogP contribution in [0.15, 0.2) is 46.3 Å². The van der Waals surface area contributed by atoms with Crippen LogP contribution >= 0.6 is 27.3 Å². The zero-order valence-corrected chi connectivity index (χ0v) is 16.6. The summed E-state index contributed by atoms with van der Waals surface area (Å²) >= 11 is 5.07. The number of nitrogens with zero attached hydrogens (tertiary/aromatic N) is 1. The molecule has 0 bridgehead atoms. The minimum Gasteiger partial charge on any atom is -0.355 e. The fraction of sp³-hybridized carbons (Fsp3) is 0.368. The van der Waals surface area contributed by atoms with Crippen LogP contribution in [0.3, 0.4) is 0 Å². The standard InChI is InChI=1S/C19H21BrN2O2S/c1-13(2)10-16(19(23)22-9-8-21)24-18(14-6-4-3-5-7-14)17-11-15(20)12-25-17/h3-7,11-13,16,18H,9-10H2,1-2H3,(H,22,23). The highest BCUT2D eigenvalue weighted by Crippen LogP contribution is 2.34. The first-order chi connectivity index (χ1) is 12.0. The molecule has 6 heteroatoms. The maximum Gasteiger partial charge on any atom is 0.250 e. The van der Waals surface area contributed by atoms with Gasteiger partial charge in [-0.25, -0.2) is 0 Å². The van der Waals surface area contributed by atoms with E-state index in [1.165, 1.54) is 0 Å². The van der Waals surface area contributed by atoms with Gasteiger partial charge in [-0.1, -0.05) is 44.2 Å². The molecule has 1 amide bonds.